The summed E-state index contributed by atoms with van der Waals surface area (Å²) >= 11 is 6.17. The van der Waals surface area contributed by atoms with Gasteiger partial charge in [0.1, 0.15) is 24.4 Å². The summed E-state index contributed by atoms with van der Waals surface area (Å²) in [4.78, 5) is 0. The van der Waals surface area contributed by atoms with E-state index >= 15 is 0 Å². The molecule has 0 aromatic heterocycles. The Hall–Kier alpha value is -0.173. The Morgan fingerprint density at radius 2 is 1.71 bits per heavy atom. The van der Waals surface area contributed by atoms with Crippen molar-refractivity contribution in [3.63, 3.8) is 0 Å². The van der Waals surface area contributed by atoms with Crippen molar-refractivity contribution in [1.29, 1.82) is 0 Å². The highest BCUT2D eigenvalue weighted by Crippen LogP contribution is 2.45. The van der Waals surface area contributed by atoms with Crippen LogP contribution in [-0.4, -0.2) is 52.4 Å². The molecule has 2 aliphatic rings. The summed E-state index contributed by atoms with van der Waals surface area (Å²) in [6.07, 6.45) is -3.37. The van der Waals surface area contributed by atoms with Gasteiger partial charge >= 0.3 is 15.6 Å². The van der Waals surface area contributed by atoms with Gasteiger partial charge in [-0.3, -0.25) is 4.18 Å². The minimum absolute atomic E-state index is 0.00744. The number of hydrogen-bond acceptors (Lipinski definition) is 6. The number of halogens is 4. The van der Waals surface area contributed by atoms with E-state index in [0.717, 1.165) is 6.08 Å². The molecule has 1 fully saturated rings. The van der Waals surface area contributed by atoms with E-state index in [-0.39, 0.29) is 10.1 Å². The molecule has 0 spiro atoms. The molecule has 0 bridgehead atoms. The van der Waals surface area contributed by atoms with E-state index in [0.29, 0.717) is 0 Å². The molecule has 0 aromatic rings. The molecule has 0 aromatic carbocycles. The molecule has 164 valence electrons. The molecule has 0 amide bonds. The zero-order valence-electron chi connectivity index (χ0n) is 16.8. The van der Waals surface area contributed by atoms with Crippen molar-refractivity contribution in [2.24, 2.45) is 0 Å². The van der Waals surface area contributed by atoms with Crippen molar-refractivity contribution in [2.45, 2.75) is 88.5 Å². The molecule has 1 saturated heterocycles. The Labute approximate surface area is 169 Å². The molecule has 0 unspecified atom stereocenters. The Morgan fingerprint density at radius 1 is 1.18 bits per heavy atom. The Bertz CT molecular complexity index is 744. The number of ether oxygens (including phenoxy) is 2. The maximum atomic E-state index is 12.9. The zero-order valence-corrected chi connectivity index (χ0v) is 19.3. The van der Waals surface area contributed by atoms with E-state index in [1.165, 1.54) is 0 Å². The van der Waals surface area contributed by atoms with E-state index in [9.17, 15) is 21.6 Å². The van der Waals surface area contributed by atoms with E-state index in [2.05, 4.69) is 4.18 Å². The molecule has 1 aliphatic heterocycles. The largest absolute Gasteiger partial charge is 0.523 e. The van der Waals surface area contributed by atoms with Crippen LogP contribution in [0.2, 0.25) is 18.1 Å². The van der Waals surface area contributed by atoms with Crippen LogP contribution in [0.25, 0.3) is 0 Å². The summed E-state index contributed by atoms with van der Waals surface area (Å²) in [5, 5.41) is -0.288. The SMILES string of the molecule is CC1(C)O[C@H]2[C@H](O[Si](C)(C)C(C)(C)C)[C@H](OS(=O)(=O)C(F)(F)F)C=C(Cl)[C@H]2O1. The van der Waals surface area contributed by atoms with Crippen molar-refractivity contribution in [3.8, 4) is 0 Å². The van der Waals surface area contributed by atoms with Crippen molar-refractivity contribution in [2.75, 3.05) is 0 Å². The van der Waals surface area contributed by atoms with Crippen molar-refractivity contribution < 1.29 is 39.7 Å². The van der Waals surface area contributed by atoms with Crippen LogP contribution in [0.4, 0.5) is 13.2 Å². The van der Waals surface area contributed by atoms with Gasteiger partial charge in [-0.15, -0.1) is 0 Å². The topological polar surface area (TPSA) is 71.1 Å². The summed E-state index contributed by atoms with van der Waals surface area (Å²) in [5.41, 5.74) is -5.57. The smallest absolute Gasteiger partial charge is 0.408 e. The van der Waals surface area contributed by atoms with Crippen LogP contribution in [0, 0.1) is 0 Å². The van der Waals surface area contributed by atoms with Crippen LogP contribution in [0.3, 0.4) is 0 Å². The third-order valence-corrected chi connectivity index (χ3v) is 11.0. The maximum absolute atomic E-state index is 12.9. The van der Waals surface area contributed by atoms with Crippen LogP contribution in [0.15, 0.2) is 11.1 Å². The monoisotopic (exact) mass is 466 g/mol. The van der Waals surface area contributed by atoms with E-state index < -0.39 is 54.1 Å². The fourth-order valence-electron chi connectivity index (χ4n) is 2.71. The fourth-order valence-corrected chi connectivity index (χ4v) is 4.87. The van der Waals surface area contributed by atoms with Crippen LogP contribution in [-0.2, 0) is 28.2 Å². The van der Waals surface area contributed by atoms with Crippen LogP contribution < -0.4 is 0 Å². The number of fused-ring (bicyclic) bond motifs is 1. The predicted octanol–water partition coefficient (Wildman–Crippen LogP) is 4.27. The quantitative estimate of drug-likeness (QED) is 0.350. The van der Waals surface area contributed by atoms with E-state index in [1.54, 1.807) is 13.8 Å². The average molecular weight is 467 g/mol. The van der Waals surface area contributed by atoms with Gasteiger partial charge in [-0.1, -0.05) is 32.4 Å². The average Bonchev–Trinajstić information content (AvgIpc) is 2.76. The molecular weight excluding hydrogens is 441 g/mol. The molecule has 6 nitrogen and oxygen atoms in total. The Morgan fingerprint density at radius 3 is 2.18 bits per heavy atom. The fraction of sp³-hybridized carbons (Fsp3) is 0.875. The van der Waals surface area contributed by atoms with Crippen LogP contribution in [0.1, 0.15) is 34.6 Å². The standard InChI is InChI=1S/C16H26ClF3O6SSi/c1-14(2,3)28(6,7)26-12-10(25-27(21,22)16(18,19)20)8-9(17)11-13(12)24-15(4,5)23-11/h8,10-13H,1-7H3/t10-,11-,12-,13-/m1/s1. The third-order valence-electron chi connectivity index (χ3n) is 5.13. The van der Waals surface area contributed by atoms with Gasteiger partial charge in [0.2, 0.25) is 0 Å². The molecule has 1 heterocycles. The zero-order chi connectivity index (χ0) is 21.9. The van der Waals surface area contributed by atoms with Gasteiger partial charge in [0.15, 0.2) is 14.1 Å². The van der Waals surface area contributed by atoms with Gasteiger partial charge in [0.05, 0.1) is 0 Å². The summed E-state index contributed by atoms with van der Waals surface area (Å²) in [7, 11) is -8.41. The van der Waals surface area contributed by atoms with Crippen LogP contribution in [0.5, 0.6) is 0 Å². The second-order valence-electron chi connectivity index (χ2n) is 8.88. The lowest BCUT2D eigenvalue weighted by atomic mass is 9.96. The van der Waals surface area contributed by atoms with E-state index in [4.69, 9.17) is 25.5 Å². The highest BCUT2D eigenvalue weighted by molar-refractivity contribution is 7.87. The number of alkyl halides is 3. The first-order valence-corrected chi connectivity index (χ1v) is 13.4. The molecule has 0 N–H and O–H groups in total. The van der Waals surface area contributed by atoms with Crippen molar-refractivity contribution in [1.82, 2.24) is 0 Å². The van der Waals surface area contributed by atoms with E-state index in [1.807, 2.05) is 33.9 Å². The van der Waals surface area contributed by atoms with Crippen molar-refractivity contribution >= 4 is 30.0 Å². The minimum Gasteiger partial charge on any atom is -0.408 e. The Kier molecular flexibility index (Phi) is 6.20. The minimum atomic E-state index is -5.87. The number of rotatable bonds is 4. The molecule has 4 atom stereocenters. The second-order valence-corrected chi connectivity index (χ2v) is 15.6. The molecule has 0 saturated carbocycles. The molecule has 2 rings (SSSR count). The lowest BCUT2D eigenvalue weighted by Gasteiger charge is -2.44. The van der Waals surface area contributed by atoms with Gasteiger partial charge in [0.25, 0.3) is 0 Å². The molecule has 12 heteroatoms. The lowest BCUT2D eigenvalue weighted by Crippen LogP contribution is -2.56. The summed E-state index contributed by atoms with van der Waals surface area (Å²) in [5.74, 6) is -1.07. The first-order chi connectivity index (χ1) is 12.3. The molecule has 1 aliphatic carbocycles. The third kappa shape index (κ3) is 4.76. The Balaban J connectivity index is 2.46. The highest BCUT2D eigenvalue weighted by Gasteiger charge is 2.57. The normalized spacial score (nSPS) is 31.5. The second kappa shape index (κ2) is 7.21. The molecule has 28 heavy (non-hydrogen) atoms. The molecular formula is C16H26ClF3O6SSi. The predicted molar refractivity (Wildman–Crippen MR) is 99.7 cm³/mol. The van der Waals surface area contributed by atoms with Gasteiger partial charge in [-0.2, -0.15) is 21.6 Å². The maximum Gasteiger partial charge on any atom is 0.523 e. The van der Waals surface area contributed by atoms with Gasteiger partial charge in [-0.25, -0.2) is 0 Å². The summed E-state index contributed by atoms with van der Waals surface area (Å²) in [6.45, 7) is 12.9. The number of hydrogen-bond donors (Lipinski definition) is 0. The lowest BCUT2D eigenvalue weighted by molar-refractivity contribution is -0.156. The molecule has 0 radical (unpaired) electrons. The first-order valence-electron chi connectivity index (χ1n) is 8.68. The van der Waals surface area contributed by atoms with Crippen LogP contribution >= 0.6 is 11.6 Å². The summed E-state index contributed by atoms with van der Waals surface area (Å²) < 4.78 is 84.2. The van der Waals surface area contributed by atoms with Gasteiger partial charge in [0, 0.05) is 5.03 Å². The van der Waals surface area contributed by atoms with Gasteiger partial charge < -0.3 is 13.9 Å². The van der Waals surface area contributed by atoms with Crippen molar-refractivity contribution in [3.05, 3.63) is 11.1 Å². The summed E-state index contributed by atoms with van der Waals surface area (Å²) in [6, 6.07) is 0. The first kappa shape index (κ1) is 24.1. The van der Waals surface area contributed by atoms with Gasteiger partial charge in [-0.05, 0) is 38.1 Å². The highest BCUT2D eigenvalue weighted by atomic mass is 35.5.